The highest BCUT2D eigenvalue weighted by Crippen LogP contribution is 2.68. The topological polar surface area (TPSA) is 177 Å². The molecule has 51 heavy (non-hydrogen) atoms. The molecule has 4 aliphatic carbocycles. The molecule has 0 aromatic rings. The molecule has 12 heteroatoms. The standard InChI is InChI=1S/C39H64O12/c1-19(40)25-11-14-39(45)27-8-7-23-15-24(9-12-37(23,5)26(27)10-13-38(25,39)6)49-31-17-29(42)35(21(3)47-31)51-33-18-30(43)36(22(4)48-33)50-32-16-28(41)34(44)20(2)46-32/h7,19-22,24-36,40-45H,8-18H2,1-6H3. The average molecular weight is 725 g/mol. The number of hydrogen-bond donors (Lipinski definition) is 6. The number of allylic oxidation sites excluding steroid dienone is 1. The van der Waals surface area contributed by atoms with Crippen LogP contribution in [0.4, 0.5) is 0 Å². The fourth-order valence-corrected chi connectivity index (χ4v) is 11.8. The summed E-state index contributed by atoms with van der Waals surface area (Å²) in [7, 11) is 0. The molecule has 0 spiro atoms. The van der Waals surface area contributed by atoms with Crippen LogP contribution in [0.15, 0.2) is 11.6 Å². The van der Waals surface area contributed by atoms with Crippen LogP contribution in [-0.2, 0) is 28.4 Å². The van der Waals surface area contributed by atoms with Gasteiger partial charge >= 0.3 is 0 Å². The van der Waals surface area contributed by atoms with Crippen molar-refractivity contribution in [3.8, 4) is 0 Å². The molecule has 20 atom stereocenters. The molecule has 3 saturated heterocycles. The molecule has 6 fully saturated rings. The van der Waals surface area contributed by atoms with Crippen molar-refractivity contribution in [3.05, 3.63) is 11.6 Å². The maximum Gasteiger partial charge on any atom is 0.161 e. The Labute approximate surface area is 302 Å². The Balaban J connectivity index is 0.912. The lowest BCUT2D eigenvalue weighted by Gasteiger charge is -2.61. The molecule has 292 valence electrons. The average Bonchev–Trinajstić information content (AvgIpc) is 3.34. The van der Waals surface area contributed by atoms with Gasteiger partial charge in [0.05, 0.1) is 54.4 Å². The van der Waals surface area contributed by atoms with Gasteiger partial charge in [-0.1, -0.05) is 25.5 Å². The van der Waals surface area contributed by atoms with Gasteiger partial charge in [0.1, 0.15) is 18.3 Å². The molecule has 6 N–H and O–H groups in total. The summed E-state index contributed by atoms with van der Waals surface area (Å²) in [6.45, 7) is 11.8. The molecule has 3 aliphatic heterocycles. The molecular formula is C39H64O12. The number of aliphatic hydroxyl groups excluding tert-OH is 5. The Bertz CT molecular complexity index is 1230. The lowest BCUT2D eigenvalue weighted by molar-refractivity contribution is -0.335. The maximum absolute atomic E-state index is 12.3. The Morgan fingerprint density at radius 3 is 1.86 bits per heavy atom. The van der Waals surface area contributed by atoms with Gasteiger partial charge in [-0.15, -0.1) is 0 Å². The van der Waals surface area contributed by atoms with E-state index in [9.17, 15) is 30.6 Å². The number of aliphatic hydroxyl groups is 6. The monoisotopic (exact) mass is 724 g/mol. The Kier molecular flexibility index (Phi) is 10.9. The van der Waals surface area contributed by atoms with Crippen LogP contribution in [0.3, 0.4) is 0 Å². The fourth-order valence-electron chi connectivity index (χ4n) is 11.8. The second kappa shape index (κ2) is 14.4. The van der Waals surface area contributed by atoms with Gasteiger partial charge in [0.2, 0.25) is 0 Å². The molecule has 0 radical (unpaired) electrons. The summed E-state index contributed by atoms with van der Waals surface area (Å²) < 4.78 is 36.8. The Hall–Kier alpha value is -0.740. The van der Waals surface area contributed by atoms with Crippen molar-refractivity contribution in [1.29, 1.82) is 0 Å². The summed E-state index contributed by atoms with van der Waals surface area (Å²) in [4.78, 5) is 0. The highest BCUT2D eigenvalue weighted by atomic mass is 16.7. The zero-order valence-electron chi connectivity index (χ0n) is 31.3. The Morgan fingerprint density at radius 1 is 0.725 bits per heavy atom. The molecule has 7 aliphatic rings. The van der Waals surface area contributed by atoms with E-state index >= 15 is 0 Å². The van der Waals surface area contributed by atoms with Crippen LogP contribution in [-0.4, -0.2) is 122 Å². The fraction of sp³-hybridized carbons (Fsp3) is 0.949. The van der Waals surface area contributed by atoms with E-state index in [4.69, 9.17) is 28.4 Å². The number of rotatable bonds is 7. The van der Waals surface area contributed by atoms with Gasteiger partial charge in [0.25, 0.3) is 0 Å². The van der Waals surface area contributed by atoms with Crippen molar-refractivity contribution in [2.45, 2.75) is 204 Å². The predicted molar refractivity (Wildman–Crippen MR) is 184 cm³/mol. The van der Waals surface area contributed by atoms with Crippen LogP contribution < -0.4 is 0 Å². The Morgan fingerprint density at radius 2 is 1.29 bits per heavy atom. The van der Waals surface area contributed by atoms with Crippen molar-refractivity contribution < 1.29 is 59.1 Å². The molecule has 12 nitrogen and oxygen atoms in total. The summed E-state index contributed by atoms with van der Waals surface area (Å²) in [6.07, 6.45) is 0.656. The summed E-state index contributed by atoms with van der Waals surface area (Å²) in [6, 6.07) is 0. The molecular weight excluding hydrogens is 660 g/mol. The zero-order valence-corrected chi connectivity index (χ0v) is 31.3. The first-order valence-electron chi connectivity index (χ1n) is 19.8. The van der Waals surface area contributed by atoms with Crippen molar-refractivity contribution >= 4 is 0 Å². The molecule has 0 amide bonds. The van der Waals surface area contributed by atoms with Crippen LogP contribution >= 0.6 is 0 Å². The predicted octanol–water partition coefficient (Wildman–Crippen LogP) is 3.07. The van der Waals surface area contributed by atoms with E-state index in [1.165, 1.54) is 5.57 Å². The van der Waals surface area contributed by atoms with Crippen molar-refractivity contribution in [1.82, 2.24) is 0 Å². The number of hydrogen-bond acceptors (Lipinski definition) is 12. The van der Waals surface area contributed by atoms with E-state index in [2.05, 4.69) is 19.9 Å². The zero-order chi connectivity index (χ0) is 36.6. The van der Waals surface area contributed by atoms with Gasteiger partial charge in [-0.3, -0.25) is 0 Å². The van der Waals surface area contributed by atoms with E-state index in [0.717, 1.165) is 51.4 Å². The first-order chi connectivity index (χ1) is 24.0. The van der Waals surface area contributed by atoms with Crippen LogP contribution in [0.1, 0.15) is 112 Å². The first-order valence-corrected chi connectivity index (χ1v) is 19.8. The van der Waals surface area contributed by atoms with Crippen molar-refractivity contribution in [2.24, 2.45) is 28.6 Å². The third-order valence-electron chi connectivity index (χ3n) is 14.8. The summed E-state index contributed by atoms with van der Waals surface area (Å²) >= 11 is 0. The van der Waals surface area contributed by atoms with Crippen LogP contribution in [0, 0.1) is 28.6 Å². The molecule has 3 saturated carbocycles. The van der Waals surface area contributed by atoms with Gasteiger partial charge in [0, 0.05) is 24.7 Å². The van der Waals surface area contributed by atoms with E-state index in [1.54, 1.807) is 13.8 Å². The minimum atomic E-state index is -0.994. The third kappa shape index (κ3) is 6.79. The molecule has 3 heterocycles. The largest absolute Gasteiger partial charge is 0.393 e. The molecule has 0 aromatic heterocycles. The smallest absolute Gasteiger partial charge is 0.161 e. The highest BCUT2D eigenvalue weighted by molar-refractivity contribution is 5.28. The summed E-state index contributed by atoms with van der Waals surface area (Å²) in [5, 5.41) is 65.2. The molecule has 0 bridgehead atoms. The quantitative estimate of drug-likeness (QED) is 0.212. The van der Waals surface area contributed by atoms with Crippen LogP contribution in [0.5, 0.6) is 0 Å². The third-order valence-corrected chi connectivity index (χ3v) is 14.8. The van der Waals surface area contributed by atoms with Crippen LogP contribution in [0.2, 0.25) is 0 Å². The first kappa shape index (κ1) is 38.5. The number of ether oxygens (including phenoxy) is 6. The van der Waals surface area contributed by atoms with E-state index in [1.807, 2.05) is 13.8 Å². The molecule has 7 rings (SSSR count). The van der Waals surface area contributed by atoms with Crippen LogP contribution in [0.25, 0.3) is 0 Å². The summed E-state index contributed by atoms with van der Waals surface area (Å²) in [5.74, 6) is 0.752. The lowest BCUT2D eigenvalue weighted by atomic mass is 9.45. The van der Waals surface area contributed by atoms with Gasteiger partial charge < -0.3 is 59.1 Å². The highest BCUT2D eigenvalue weighted by Gasteiger charge is 2.67. The van der Waals surface area contributed by atoms with Crippen molar-refractivity contribution in [3.63, 3.8) is 0 Å². The second-order valence-corrected chi connectivity index (χ2v) is 17.8. The number of fused-ring (bicyclic) bond motifs is 5. The lowest BCUT2D eigenvalue weighted by Crippen LogP contribution is -2.61. The minimum Gasteiger partial charge on any atom is -0.393 e. The normalized spacial score (nSPS) is 55.3. The van der Waals surface area contributed by atoms with E-state index < -0.39 is 85.5 Å². The molecule has 20 unspecified atom stereocenters. The van der Waals surface area contributed by atoms with E-state index in [-0.39, 0.29) is 48.0 Å². The molecule has 0 aromatic carbocycles. The van der Waals surface area contributed by atoms with Crippen molar-refractivity contribution in [2.75, 3.05) is 0 Å². The van der Waals surface area contributed by atoms with Gasteiger partial charge in [0.15, 0.2) is 18.9 Å². The van der Waals surface area contributed by atoms with Gasteiger partial charge in [-0.25, -0.2) is 0 Å². The second-order valence-electron chi connectivity index (χ2n) is 17.8. The maximum atomic E-state index is 12.3. The SMILES string of the molecule is CC(O)C1CCC2(O)C3CC=C4CC(OC5CC(O)C(OC6CC(O)C(OC7CC(O)C(O)C(C)O7)C(C)O6)C(C)O5)CCC4(C)C3CCC12C. The minimum absolute atomic E-state index is 0.0132. The summed E-state index contributed by atoms with van der Waals surface area (Å²) in [5.41, 5.74) is 0.439. The van der Waals surface area contributed by atoms with E-state index in [0.29, 0.717) is 5.92 Å². The van der Waals surface area contributed by atoms with Gasteiger partial charge in [-0.05, 0) is 102 Å². The van der Waals surface area contributed by atoms with Gasteiger partial charge in [-0.2, -0.15) is 0 Å².